The van der Waals surface area contributed by atoms with E-state index in [4.69, 9.17) is 0 Å². The van der Waals surface area contributed by atoms with Crippen molar-refractivity contribution in [2.75, 3.05) is 26.2 Å². The first-order valence-electron chi connectivity index (χ1n) is 9.23. The fourth-order valence-corrected chi connectivity index (χ4v) is 3.50. The first kappa shape index (κ1) is 18.1. The minimum Gasteiger partial charge on any atom is -0.339 e. The highest BCUT2D eigenvalue weighted by Crippen LogP contribution is 2.08. The summed E-state index contributed by atoms with van der Waals surface area (Å²) in [6.07, 6.45) is 3.60. The van der Waals surface area contributed by atoms with Gasteiger partial charge in [0.15, 0.2) is 0 Å². The van der Waals surface area contributed by atoms with Crippen LogP contribution in [0.5, 0.6) is 0 Å². The van der Waals surface area contributed by atoms with E-state index in [9.17, 15) is 14.4 Å². The third kappa shape index (κ3) is 3.72. The first-order valence-corrected chi connectivity index (χ1v) is 9.23. The van der Waals surface area contributed by atoms with E-state index in [1.165, 1.54) is 0 Å². The van der Waals surface area contributed by atoms with Gasteiger partial charge in [-0.25, -0.2) is 4.68 Å². The van der Waals surface area contributed by atoms with Crippen LogP contribution < -0.4 is 11.1 Å². The maximum Gasteiger partial charge on any atom is 0.273 e. The highest BCUT2D eigenvalue weighted by molar-refractivity contribution is 5.81. The van der Waals surface area contributed by atoms with Crippen LogP contribution in [0.3, 0.4) is 0 Å². The van der Waals surface area contributed by atoms with E-state index >= 15 is 0 Å². The van der Waals surface area contributed by atoms with Gasteiger partial charge in [0.2, 0.25) is 5.91 Å². The van der Waals surface area contributed by atoms with E-state index in [0.717, 1.165) is 29.9 Å². The fourth-order valence-electron chi connectivity index (χ4n) is 3.50. The zero-order valence-corrected chi connectivity index (χ0v) is 15.4. The number of carbonyl (C=O) groups is 1. The molecule has 0 saturated carbocycles. The van der Waals surface area contributed by atoms with Crippen molar-refractivity contribution in [2.24, 2.45) is 0 Å². The summed E-state index contributed by atoms with van der Waals surface area (Å²) in [6.45, 7) is 3.32. The van der Waals surface area contributed by atoms with Crippen LogP contribution in [0.2, 0.25) is 0 Å². The Balaban J connectivity index is 1.41. The van der Waals surface area contributed by atoms with Crippen LogP contribution in [-0.4, -0.2) is 56.7 Å². The molecule has 1 saturated heterocycles. The molecule has 0 aliphatic carbocycles. The number of hydrogen-bond acceptors (Lipinski definition) is 5. The number of pyridine rings is 1. The van der Waals surface area contributed by atoms with E-state index < -0.39 is 0 Å². The van der Waals surface area contributed by atoms with Gasteiger partial charge in [0.1, 0.15) is 6.54 Å². The molecule has 1 aliphatic rings. The molecule has 0 radical (unpaired) electrons. The number of amides is 1. The molecular formula is C20H21N5O3. The lowest BCUT2D eigenvalue weighted by Gasteiger charge is -2.34. The van der Waals surface area contributed by atoms with Gasteiger partial charge in [0, 0.05) is 45.1 Å². The Morgan fingerprint density at radius 1 is 1.00 bits per heavy atom. The fraction of sp³-hybridized carbons (Fsp3) is 0.300. The maximum absolute atomic E-state index is 12.6. The number of aromatic amines is 1. The van der Waals surface area contributed by atoms with Gasteiger partial charge in [-0.05, 0) is 23.8 Å². The Kier molecular flexibility index (Phi) is 5.03. The number of piperazine rings is 1. The number of nitrogens with zero attached hydrogens (tertiary/aromatic N) is 4. The molecule has 0 atom stereocenters. The van der Waals surface area contributed by atoms with E-state index in [1.54, 1.807) is 35.4 Å². The molecule has 1 aromatic carbocycles. The molecule has 144 valence electrons. The number of H-pyrrole nitrogens is 1. The second kappa shape index (κ2) is 7.77. The Morgan fingerprint density at radius 2 is 1.75 bits per heavy atom. The Bertz CT molecular complexity index is 1100. The van der Waals surface area contributed by atoms with Crippen LogP contribution in [0.15, 0.2) is 58.4 Å². The van der Waals surface area contributed by atoms with Crippen LogP contribution >= 0.6 is 0 Å². The number of carbonyl (C=O) groups excluding carboxylic acids is 1. The third-order valence-electron chi connectivity index (χ3n) is 5.03. The van der Waals surface area contributed by atoms with Crippen LogP contribution in [0.25, 0.3) is 10.8 Å². The first-order chi connectivity index (χ1) is 13.6. The van der Waals surface area contributed by atoms with E-state index in [2.05, 4.69) is 15.0 Å². The third-order valence-corrected chi connectivity index (χ3v) is 5.03. The second-order valence-corrected chi connectivity index (χ2v) is 6.90. The molecule has 1 fully saturated rings. The smallest absolute Gasteiger partial charge is 0.273 e. The summed E-state index contributed by atoms with van der Waals surface area (Å²) in [6, 6.07) is 10.6. The molecule has 1 amide bonds. The maximum atomic E-state index is 12.6. The summed E-state index contributed by atoms with van der Waals surface area (Å²) in [5, 5.41) is 3.17. The molecule has 4 rings (SSSR count). The lowest BCUT2D eigenvalue weighted by atomic mass is 10.2. The van der Waals surface area contributed by atoms with Crippen molar-refractivity contribution >= 4 is 16.7 Å². The van der Waals surface area contributed by atoms with Gasteiger partial charge in [-0.15, -0.1) is 0 Å². The van der Waals surface area contributed by atoms with Crippen LogP contribution in [0.1, 0.15) is 5.56 Å². The molecule has 2 aromatic heterocycles. The molecule has 8 nitrogen and oxygen atoms in total. The summed E-state index contributed by atoms with van der Waals surface area (Å²) in [4.78, 5) is 45.5. The van der Waals surface area contributed by atoms with E-state index in [1.807, 2.05) is 18.3 Å². The minimum absolute atomic E-state index is 0.165. The highest BCUT2D eigenvalue weighted by atomic mass is 16.2. The summed E-state index contributed by atoms with van der Waals surface area (Å²) < 4.78 is 1.11. The lowest BCUT2D eigenvalue weighted by Crippen LogP contribution is -2.50. The number of fused-ring (bicyclic) bond motifs is 1. The molecule has 0 bridgehead atoms. The van der Waals surface area contributed by atoms with Crippen molar-refractivity contribution in [2.45, 2.75) is 13.1 Å². The molecule has 0 unspecified atom stereocenters. The van der Waals surface area contributed by atoms with Gasteiger partial charge in [-0.3, -0.25) is 29.4 Å². The standard InChI is InChI=1S/C20H21N5O3/c26-18(14-25-20(28)17-6-2-1-5-16(17)19(27)22-25)24-10-8-23(9-11-24)13-15-4-3-7-21-12-15/h1-7,12H,8-11,13-14H2,(H,22,27). The predicted octanol–water partition coefficient (Wildman–Crippen LogP) is 0.429. The highest BCUT2D eigenvalue weighted by Gasteiger charge is 2.22. The molecular weight excluding hydrogens is 358 g/mol. The number of nitrogens with one attached hydrogen (secondary N) is 1. The van der Waals surface area contributed by atoms with Gasteiger partial charge in [-0.1, -0.05) is 18.2 Å². The lowest BCUT2D eigenvalue weighted by molar-refractivity contribution is -0.133. The number of rotatable bonds is 4. The molecule has 1 N–H and O–H groups in total. The number of benzene rings is 1. The largest absolute Gasteiger partial charge is 0.339 e. The zero-order chi connectivity index (χ0) is 19.5. The monoisotopic (exact) mass is 379 g/mol. The van der Waals surface area contributed by atoms with Crippen LogP contribution in [0.4, 0.5) is 0 Å². The SMILES string of the molecule is O=C(Cn1[nH]c(=O)c2ccccc2c1=O)N1CCN(Cc2cccnc2)CC1. The average Bonchev–Trinajstić information content (AvgIpc) is 2.73. The van der Waals surface area contributed by atoms with Crippen molar-refractivity contribution in [1.29, 1.82) is 0 Å². The molecule has 1 aliphatic heterocycles. The summed E-state index contributed by atoms with van der Waals surface area (Å²) in [7, 11) is 0. The van der Waals surface area contributed by atoms with E-state index in [0.29, 0.717) is 23.9 Å². The second-order valence-electron chi connectivity index (χ2n) is 6.90. The number of aromatic nitrogens is 3. The van der Waals surface area contributed by atoms with Gasteiger partial charge < -0.3 is 4.90 Å². The van der Waals surface area contributed by atoms with Crippen LogP contribution in [-0.2, 0) is 17.9 Å². The molecule has 0 spiro atoms. The Hall–Kier alpha value is -3.26. The average molecular weight is 379 g/mol. The van der Waals surface area contributed by atoms with Gasteiger partial charge in [0.25, 0.3) is 11.1 Å². The molecule has 3 heterocycles. The van der Waals surface area contributed by atoms with Crippen molar-refractivity contribution in [1.82, 2.24) is 24.6 Å². The molecule has 28 heavy (non-hydrogen) atoms. The molecule has 8 heteroatoms. The topological polar surface area (TPSA) is 91.3 Å². The summed E-state index contributed by atoms with van der Waals surface area (Å²) in [5.74, 6) is -0.172. The van der Waals surface area contributed by atoms with Gasteiger partial charge >= 0.3 is 0 Å². The van der Waals surface area contributed by atoms with Crippen molar-refractivity contribution < 1.29 is 4.79 Å². The quantitative estimate of drug-likeness (QED) is 0.710. The Labute approximate surface area is 161 Å². The minimum atomic E-state index is -0.371. The van der Waals surface area contributed by atoms with Gasteiger partial charge in [0.05, 0.1) is 10.8 Å². The number of hydrogen-bond donors (Lipinski definition) is 1. The van der Waals surface area contributed by atoms with Crippen molar-refractivity contribution in [3.8, 4) is 0 Å². The zero-order valence-electron chi connectivity index (χ0n) is 15.4. The normalized spacial score (nSPS) is 15.1. The van der Waals surface area contributed by atoms with Gasteiger partial charge in [-0.2, -0.15) is 0 Å². The van der Waals surface area contributed by atoms with Crippen molar-refractivity contribution in [3.63, 3.8) is 0 Å². The Morgan fingerprint density at radius 3 is 2.46 bits per heavy atom. The summed E-state index contributed by atoms with van der Waals surface area (Å²) in [5.41, 5.74) is 0.408. The van der Waals surface area contributed by atoms with Crippen molar-refractivity contribution in [3.05, 3.63) is 75.1 Å². The predicted molar refractivity (Wildman–Crippen MR) is 105 cm³/mol. The summed E-state index contributed by atoms with van der Waals surface area (Å²) >= 11 is 0. The van der Waals surface area contributed by atoms with E-state index in [-0.39, 0.29) is 23.6 Å². The van der Waals surface area contributed by atoms with Crippen LogP contribution in [0, 0.1) is 0 Å². The molecule has 3 aromatic rings.